The number of nitrogen functional groups attached to an aromatic ring is 1. The Labute approximate surface area is 301 Å². The van der Waals surface area contributed by atoms with Crippen LogP contribution in [0.4, 0.5) is 5.95 Å². The molecule has 5 aliphatic rings. The molecule has 10 heteroatoms. The fraction of sp³-hybridized carbons (Fsp3) is 0.900. The monoisotopic (exact) mass is 697 g/mol. The summed E-state index contributed by atoms with van der Waals surface area (Å²) in [6.45, 7) is 29.2. The summed E-state index contributed by atoms with van der Waals surface area (Å²) in [5, 5.41) is 28.1. The lowest BCUT2D eigenvalue weighted by Gasteiger charge is -2.71. The number of hydrogen-bond donors (Lipinski definition) is 3. The molecule has 0 spiro atoms. The second kappa shape index (κ2) is 12.5. The summed E-state index contributed by atoms with van der Waals surface area (Å²) in [6.07, 6.45) is 7.95. The first-order valence-corrected chi connectivity index (χ1v) is 19.7. The van der Waals surface area contributed by atoms with Crippen LogP contribution >= 0.6 is 0 Å². The van der Waals surface area contributed by atoms with E-state index in [1.807, 2.05) is 0 Å². The zero-order chi connectivity index (χ0) is 36.8. The maximum absolute atomic E-state index is 13.5. The number of aliphatic carboxylic acids is 1. The van der Waals surface area contributed by atoms with Crippen LogP contribution in [0.1, 0.15) is 128 Å². The predicted molar refractivity (Wildman–Crippen MR) is 196 cm³/mol. The van der Waals surface area contributed by atoms with Gasteiger partial charge in [0.15, 0.2) is 0 Å². The Balaban J connectivity index is 1.43. The highest BCUT2D eigenvalue weighted by Crippen LogP contribution is 2.75. The molecule has 4 aliphatic carbocycles. The van der Waals surface area contributed by atoms with Crippen molar-refractivity contribution < 1.29 is 19.4 Å². The van der Waals surface area contributed by atoms with Crippen LogP contribution in [-0.4, -0.2) is 68.8 Å². The molecule has 3 saturated carbocycles. The van der Waals surface area contributed by atoms with Crippen molar-refractivity contribution >= 4 is 11.9 Å². The molecule has 0 aromatic carbocycles. The number of nitrogens with zero attached hydrogens (tertiary/aromatic N) is 4. The maximum Gasteiger partial charge on any atom is 0.307 e. The summed E-state index contributed by atoms with van der Waals surface area (Å²) in [6, 6.07) is 0.146. The number of carboxylic acid groups (broad SMARTS) is 1. The van der Waals surface area contributed by atoms with Gasteiger partial charge in [-0.2, -0.15) is 4.80 Å². The molecule has 1 aliphatic heterocycles. The van der Waals surface area contributed by atoms with Crippen LogP contribution in [0.3, 0.4) is 0 Å². The largest absolute Gasteiger partial charge is 0.481 e. The van der Waals surface area contributed by atoms with Crippen LogP contribution in [0.5, 0.6) is 0 Å². The molecule has 4 N–H and O–H groups in total. The fourth-order valence-electron chi connectivity index (χ4n) is 12.8. The number of aromatic nitrogens is 4. The standard InChI is InChI=1S/C40H68N6O4/c1-23(2)26(7)35(8)17-18-37(10)27-13-14-30-36(9)20-49-22-40(30,28(27)15-16-38(37,11)31(35)33(47)48)19-29(46-44-34(41)43-45-46)32(36)50-21-39(12,24(3)4)42-25(5)6/h15,23-27,29-32,42H,13-14,16-22H2,1-12H3,(H2,41,44)(H,47,48)/t26-,27+,29-,30+,31-,32+,35-,36+,37-,38+,39+,40?/m1/s1. The molecule has 1 saturated heterocycles. The van der Waals surface area contributed by atoms with E-state index in [2.05, 4.69) is 110 Å². The Hall–Kier alpha value is -2.04. The highest BCUT2D eigenvalue weighted by atomic mass is 16.5. The summed E-state index contributed by atoms with van der Waals surface area (Å²) >= 11 is 0. The van der Waals surface area contributed by atoms with Gasteiger partial charge in [-0.05, 0) is 96.5 Å². The summed E-state index contributed by atoms with van der Waals surface area (Å²) in [5.41, 5.74) is 6.09. The van der Waals surface area contributed by atoms with E-state index in [4.69, 9.17) is 15.2 Å². The minimum Gasteiger partial charge on any atom is -0.481 e. The van der Waals surface area contributed by atoms with Crippen LogP contribution < -0.4 is 11.1 Å². The van der Waals surface area contributed by atoms with Gasteiger partial charge < -0.3 is 25.6 Å². The third-order valence-corrected chi connectivity index (χ3v) is 16.3. The smallest absolute Gasteiger partial charge is 0.307 e. The van der Waals surface area contributed by atoms with Gasteiger partial charge in [0.25, 0.3) is 5.95 Å². The number of carbonyl (C=O) groups is 1. The average Bonchev–Trinajstić information content (AvgIpc) is 3.45. The van der Waals surface area contributed by atoms with Crippen LogP contribution in [-0.2, 0) is 14.3 Å². The van der Waals surface area contributed by atoms with Gasteiger partial charge in [0.1, 0.15) is 6.04 Å². The Kier molecular flexibility index (Phi) is 9.45. The van der Waals surface area contributed by atoms with Crippen molar-refractivity contribution in [3.63, 3.8) is 0 Å². The Morgan fingerprint density at radius 3 is 2.38 bits per heavy atom. The van der Waals surface area contributed by atoms with E-state index >= 15 is 0 Å². The van der Waals surface area contributed by atoms with Crippen molar-refractivity contribution in [3.8, 4) is 0 Å². The highest BCUT2D eigenvalue weighted by Gasteiger charge is 2.72. The molecule has 282 valence electrons. The van der Waals surface area contributed by atoms with E-state index in [1.165, 1.54) is 5.57 Å². The number of nitrogens with one attached hydrogen (secondary N) is 1. The molecule has 2 heterocycles. The SMILES string of the molecule is CC(C)N[C@@](C)(CO[C@H]1[C@H](n2nnc(N)n2)CC23COC[C@@]1(C)[C@@H]2CC[C@H]1C3=CC[C@@]2(C)[C@H](C(=O)O)[C@@](C)([C@H](C)C(C)C)CC[C@]12C)C(C)C. The van der Waals surface area contributed by atoms with Gasteiger partial charge in [0, 0.05) is 22.4 Å². The van der Waals surface area contributed by atoms with Crippen molar-refractivity contribution in [2.24, 2.45) is 62.6 Å². The first-order chi connectivity index (χ1) is 23.2. The van der Waals surface area contributed by atoms with E-state index in [9.17, 15) is 9.90 Å². The van der Waals surface area contributed by atoms with Crippen molar-refractivity contribution in [2.75, 3.05) is 25.6 Å². The Morgan fingerprint density at radius 1 is 1.10 bits per heavy atom. The van der Waals surface area contributed by atoms with Crippen molar-refractivity contribution in [1.29, 1.82) is 0 Å². The lowest BCUT2D eigenvalue weighted by atomic mass is 9.34. The molecule has 4 fully saturated rings. The third-order valence-electron chi connectivity index (χ3n) is 16.3. The van der Waals surface area contributed by atoms with Gasteiger partial charge in [0.2, 0.25) is 0 Å². The number of hydrogen-bond acceptors (Lipinski definition) is 8. The lowest BCUT2D eigenvalue weighted by molar-refractivity contribution is -0.254. The minimum absolute atomic E-state index is 0.149. The van der Waals surface area contributed by atoms with Crippen molar-refractivity contribution in [1.82, 2.24) is 25.5 Å². The van der Waals surface area contributed by atoms with Gasteiger partial charge in [-0.25, -0.2) is 0 Å². The highest BCUT2D eigenvalue weighted by molar-refractivity contribution is 5.73. The molecule has 0 radical (unpaired) electrons. The van der Waals surface area contributed by atoms with Gasteiger partial charge >= 0.3 is 5.97 Å². The number of tetrazole rings is 1. The minimum atomic E-state index is -0.626. The molecule has 2 bridgehead atoms. The molecule has 12 atom stereocenters. The zero-order valence-corrected chi connectivity index (χ0v) is 33.2. The van der Waals surface area contributed by atoms with Gasteiger partial charge in [-0.1, -0.05) is 92.9 Å². The third kappa shape index (κ3) is 5.34. The molecule has 1 aromatic heterocycles. The summed E-state index contributed by atoms with van der Waals surface area (Å²) in [7, 11) is 0. The van der Waals surface area contributed by atoms with Crippen molar-refractivity contribution in [2.45, 2.75) is 145 Å². The number of carboxylic acids is 1. The first kappa shape index (κ1) is 37.7. The number of nitrogens with two attached hydrogens (primary N) is 1. The van der Waals surface area contributed by atoms with E-state index in [0.29, 0.717) is 49.5 Å². The average molecular weight is 697 g/mol. The summed E-state index contributed by atoms with van der Waals surface area (Å²) in [5.74, 6) is 0.860. The Morgan fingerprint density at radius 2 is 1.80 bits per heavy atom. The van der Waals surface area contributed by atoms with E-state index in [-0.39, 0.29) is 56.6 Å². The number of fused-ring (bicyclic) bond motifs is 3. The summed E-state index contributed by atoms with van der Waals surface area (Å²) < 4.78 is 13.9. The second-order valence-electron chi connectivity index (χ2n) is 19.7. The lowest BCUT2D eigenvalue weighted by Crippen LogP contribution is -2.69. The predicted octanol–water partition coefficient (Wildman–Crippen LogP) is 7.18. The van der Waals surface area contributed by atoms with Gasteiger partial charge in [-0.3, -0.25) is 4.79 Å². The van der Waals surface area contributed by atoms with E-state index in [0.717, 1.165) is 38.5 Å². The Bertz CT molecular complexity index is 1480. The summed E-state index contributed by atoms with van der Waals surface area (Å²) in [4.78, 5) is 15.2. The molecular weight excluding hydrogens is 628 g/mol. The van der Waals surface area contributed by atoms with Crippen LogP contribution in [0.15, 0.2) is 11.6 Å². The van der Waals surface area contributed by atoms with Gasteiger partial charge in [-0.15, -0.1) is 5.10 Å². The van der Waals surface area contributed by atoms with Crippen molar-refractivity contribution in [3.05, 3.63) is 11.6 Å². The van der Waals surface area contributed by atoms with E-state index in [1.54, 1.807) is 4.80 Å². The molecule has 6 rings (SSSR count). The van der Waals surface area contributed by atoms with E-state index < -0.39 is 11.9 Å². The molecule has 1 unspecified atom stereocenters. The van der Waals surface area contributed by atoms with Crippen LogP contribution in [0.25, 0.3) is 0 Å². The topological polar surface area (TPSA) is 137 Å². The normalized spacial score (nSPS) is 43.1. The number of ether oxygens (including phenoxy) is 2. The first-order valence-electron chi connectivity index (χ1n) is 19.7. The molecule has 0 amide bonds. The van der Waals surface area contributed by atoms with Crippen LogP contribution in [0.2, 0.25) is 0 Å². The molecule has 50 heavy (non-hydrogen) atoms. The fourth-order valence-corrected chi connectivity index (χ4v) is 12.8. The number of allylic oxidation sites excluding steroid dienone is 1. The number of anilines is 1. The zero-order valence-electron chi connectivity index (χ0n) is 33.2. The molecular formula is C40H68N6O4. The number of rotatable bonds is 10. The van der Waals surface area contributed by atoms with Crippen LogP contribution in [0, 0.1) is 62.6 Å². The second-order valence-corrected chi connectivity index (χ2v) is 19.7. The molecule has 10 nitrogen and oxygen atoms in total. The maximum atomic E-state index is 13.5. The quantitative estimate of drug-likeness (QED) is 0.217. The molecule has 1 aromatic rings. The van der Waals surface area contributed by atoms with Gasteiger partial charge in [0.05, 0.1) is 31.8 Å².